The quantitative estimate of drug-likeness (QED) is 0.867. The van der Waals surface area contributed by atoms with E-state index < -0.39 is 12.0 Å². The lowest BCUT2D eigenvalue weighted by Gasteiger charge is -2.20. The summed E-state index contributed by atoms with van der Waals surface area (Å²) in [6, 6.07) is 4.33. The number of nitrogens with one attached hydrogen (secondary N) is 1. The van der Waals surface area contributed by atoms with Gasteiger partial charge in [-0.25, -0.2) is 0 Å². The van der Waals surface area contributed by atoms with E-state index in [-0.39, 0.29) is 12.5 Å². The van der Waals surface area contributed by atoms with Crippen LogP contribution in [0.4, 0.5) is 5.69 Å². The molecule has 7 heteroatoms. The van der Waals surface area contributed by atoms with Crippen LogP contribution in [0.2, 0.25) is 5.02 Å². The number of likely N-dealkylation sites (tertiary alicyclic amines) is 1. The minimum atomic E-state index is -0.888. The smallest absolute Gasteiger partial charge is 0.320 e. The second-order valence-corrected chi connectivity index (χ2v) is 5.30. The van der Waals surface area contributed by atoms with E-state index in [2.05, 4.69) is 5.32 Å². The Hall–Kier alpha value is -1.79. The summed E-state index contributed by atoms with van der Waals surface area (Å²) in [6.45, 7) is 0.643. The van der Waals surface area contributed by atoms with Gasteiger partial charge in [-0.15, -0.1) is 0 Å². The number of amides is 1. The minimum absolute atomic E-state index is 0.0344. The zero-order valence-corrected chi connectivity index (χ0v) is 12.4. The Bertz CT molecular complexity index is 550. The maximum absolute atomic E-state index is 12.1. The maximum Gasteiger partial charge on any atom is 0.320 e. The number of methoxy groups -OCH3 is 1. The molecule has 114 valence electrons. The molecule has 1 saturated heterocycles. The number of rotatable bonds is 5. The zero-order valence-electron chi connectivity index (χ0n) is 11.6. The van der Waals surface area contributed by atoms with Gasteiger partial charge < -0.3 is 15.2 Å². The number of ether oxygens (including phenoxy) is 1. The fraction of sp³-hybridized carbons (Fsp3) is 0.429. The van der Waals surface area contributed by atoms with Crippen LogP contribution in [-0.2, 0) is 9.59 Å². The number of carboxylic acids is 1. The number of carbonyl (C=O) groups excluding carboxylic acids is 1. The second kappa shape index (κ2) is 6.78. The summed E-state index contributed by atoms with van der Waals surface area (Å²) in [5.74, 6) is -0.673. The van der Waals surface area contributed by atoms with Crippen LogP contribution in [0, 0.1) is 0 Å². The number of hydrogen-bond acceptors (Lipinski definition) is 4. The average molecular weight is 313 g/mol. The number of carbonyl (C=O) groups is 2. The molecule has 21 heavy (non-hydrogen) atoms. The molecule has 0 aliphatic carbocycles. The monoisotopic (exact) mass is 312 g/mol. The summed E-state index contributed by atoms with van der Waals surface area (Å²) in [5, 5.41) is 12.3. The first kappa shape index (κ1) is 15.6. The summed E-state index contributed by atoms with van der Waals surface area (Å²) in [4.78, 5) is 24.8. The van der Waals surface area contributed by atoms with Gasteiger partial charge >= 0.3 is 5.97 Å². The lowest BCUT2D eigenvalue weighted by atomic mass is 10.2. The molecule has 0 radical (unpaired) electrons. The van der Waals surface area contributed by atoms with Crippen molar-refractivity contribution >= 4 is 29.2 Å². The molecule has 0 saturated carbocycles. The van der Waals surface area contributed by atoms with Crippen molar-refractivity contribution < 1.29 is 19.4 Å². The van der Waals surface area contributed by atoms with Gasteiger partial charge in [-0.1, -0.05) is 11.6 Å². The lowest BCUT2D eigenvalue weighted by molar-refractivity contribution is -0.142. The SMILES string of the molecule is COc1ccc(Cl)cc1NC(=O)CN1CCC[C@H]1C(=O)O. The highest BCUT2D eigenvalue weighted by Gasteiger charge is 2.31. The Morgan fingerprint density at radius 1 is 1.52 bits per heavy atom. The number of anilines is 1. The third-order valence-corrected chi connectivity index (χ3v) is 3.67. The highest BCUT2D eigenvalue weighted by molar-refractivity contribution is 6.31. The van der Waals surface area contributed by atoms with Crippen molar-refractivity contribution in [2.24, 2.45) is 0 Å². The Morgan fingerprint density at radius 2 is 2.29 bits per heavy atom. The van der Waals surface area contributed by atoms with Gasteiger partial charge in [0.25, 0.3) is 0 Å². The van der Waals surface area contributed by atoms with Crippen LogP contribution in [0.3, 0.4) is 0 Å². The first-order valence-electron chi connectivity index (χ1n) is 6.61. The van der Waals surface area contributed by atoms with Crippen molar-refractivity contribution in [3.05, 3.63) is 23.2 Å². The maximum atomic E-state index is 12.1. The Balaban J connectivity index is 2.02. The minimum Gasteiger partial charge on any atom is -0.495 e. The van der Waals surface area contributed by atoms with Crippen molar-refractivity contribution in [2.45, 2.75) is 18.9 Å². The molecule has 2 N–H and O–H groups in total. The predicted octanol–water partition coefficient (Wildman–Crippen LogP) is 1.84. The first-order chi connectivity index (χ1) is 10.0. The molecule has 1 aliphatic rings. The molecular formula is C14H17ClN2O4. The number of benzene rings is 1. The van der Waals surface area contributed by atoms with Crippen molar-refractivity contribution in [3.63, 3.8) is 0 Å². The molecule has 1 aromatic carbocycles. The number of carboxylic acid groups (broad SMARTS) is 1. The van der Waals surface area contributed by atoms with Gasteiger partial charge in [0.15, 0.2) is 0 Å². The highest BCUT2D eigenvalue weighted by Crippen LogP contribution is 2.27. The van der Waals surface area contributed by atoms with Crippen LogP contribution in [0.5, 0.6) is 5.75 Å². The Labute approximate surface area is 127 Å². The van der Waals surface area contributed by atoms with Gasteiger partial charge in [-0.2, -0.15) is 0 Å². The molecule has 0 bridgehead atoms. The Kier molecular flexibility index (Phi) is 5.03. The van der Waals surface area contributed by atoms with E-state index in [4.69, 9.17) is 21.4 Å². The normalized spacial score (nSPS) is 18.5. The first-order valence-corrected chi connectivity index (χ1v) is 6.99. The van der Waals surface area contributed by atoms with Crippen molar-refractivity contribution in [1.29, 1.82) is 0 Å². The molecule has 0 spiro atoms. The third-order valence-electron chi connectivity index (χ3n) is 3.43. The van der Waals surface area contributed by atoms with Gasteiger partial charge in [0, 0.05) is 5.02 Å². The van der Waals surface area contributed by atoms with E-state index in [1.54, 1.807) is 23.1 Å². The van der Waals surface area contributed by atoms with Crippen molar-refractivity contribution in [1.82, 2.24) is 4.90 Å². The van der Waals surface area contributed by atoms with Gasteiger partial charge in [0.05, 0.1) is 19.3 Å². The summed E-state index contributed by atoms with van der Waals surface area (Å²) in [5.41, 5.74) is 0.473. The molecule has 1 amide bonds. The second-order valence-electron chi connectivity index (χ2n) is 4.86. The van der Waals surface area contributed by atoms with Crippen molar-refractivity contribution in [3.8, 4) is 5.75 Å². The lowest BCUT2D eigenvalue weighted by Crippen LogP contribution is -2.40. The summed E-state index contributed by atoms with van der Waals surface area (Å²) >= 11 is 5.90. The Morgan fingerprint density at radius 3 is 2.95 bits per heavy atom. The fourth-order valence-electron chi connectivity index (χ4n) is 2.45. The van der Waals surface area contributed by atoms with Crippen molar-refractivity contribution in [2.75, 3.05) is 25.5 Å². The van der Waals surface area contributed by atoms with Crippen LogP contribution in [0.25, 0.3) is 0 Å². The van der Waals surface area contributed by atoms with Gasteiger partial charge in [-0.3, -0.25) is 14.5 Å². The fourth-order valence-corrected chi connectivity index (χ4v) is 2.62. The van der Waals surface area contributed by atoms with Gasteiger partial charge in [-0.05, 0) is 37.6 Å². The van der Waals surface area contributed by atoms with Gasteiger partial charge in [0.1, 0.15) is 11.8 Å². The topological polar surface area (TPSA) is 78.9 Å². The molecule has 1 atom stereocenters. The molecule has 1 heterocycles. The summed E-state index contributed by atoms with van der Waals surface area (Å²) in [6.07, 6.45) is 1.35. The van der Waals surface area contributed by atoms with Crippen LogP contribution >= 0.6 is 11.6 Å². The zero-order chi connectivity index (χ0) is 15.4. The van der Waals surface area contributed by atoms with E-state index in [1.807, 2.05) is 0 Å². The third kappa shape index (κ3) is 3.86. The van der Waals surface area contributed by atoms with E-state index >= 15 is 0 Å². The number of nitrogens with zero attached hydrogens (tertiary/aromatic N) is 1. The highest BCUT2D eigenvalue weighted by atomic mass is 35.5. The van der Waals surface area contributed by atoms with Crippen LogP contribution in [0.15, 0.2) is 18.2 Å². The van der Waals surface area contributed by atoms with E-state index in [1.165, 1.54) is 7.11 Å². The standard InChI is InChI=1S/C14H17ClN2O4/c1-21-12-5-4-9(15)7-10(12)16-13(18)8-17-6-2-3-11(17)14(19)20/h4-5,7,11H,2-3,6,8H2,1H3,(H,16,18)(H,19,20)/t11-/m0/s1. The summed E-state index contributed by atoms with van der Waals surface area (Å²) in [7, 11) is 1.50. The molecule has 1 aliphatic heterocycles. The van der Waals surface area contributed by atoms with Crippen LogP contribution in [-0.4, -0.2) is 48.1 Å². The molecule has 1 fully saturated rings. The van der Waals surface area contributed by atoms with Crippen LogP contribution < -0.4 is 10.1 Å². The van der Waals surface area contributed by atoms with E-state index in [0.29, 0.717) is 29.4 Å². The molecule has 0 aromatic heterocycles. The molecule has 0 unspecified atom stereocenters. The number of aliphatic carboxylic acids is 1. The largest absolute Gasteiger partial charge is 0.495 e. The molecule has 1 aromatic rings. The number of halogens is 1. The van der Waals surface area contributed by atoms with E-state index in [0.717, 1.165) is 6.42 Å². The van der Waals surface area contributed by atoms with E-state index in [9.17, 15) is 9.59 Å². The van der Waals surface area contributed by atoms with Crippen LogP contribution in [0.1, 0.15) is 12.8 Å². The molecular weight excluding hydrogens is 296 g/mol. The number of hydrogen-bond donors (Lipinski definition) is 2. The average Bonchev–Trinajstić information content (AvgIpc) is 2.87. The molecule has 6 nitrogen and oxygen atoms in total. The van der Waals surface area contributed by atoms with Gasteiger partial charge in [0.2, 0.25) is 5.91 Å². The summed E-state index contributed by atoms with van der Waals surface area (Å²) < 4.78 is 5.15. The molecule has 2 rings (SSSR count). The predicted molar refractivity (Wildman–Crippen MR) is 78.9 cm³/mol.